The summed E-state index contributed by atoms with van der Waals surface area (Å²) in [6, 6.07) is 4.90. The Morgan fingerprint density at radius 3 is 2.00 bits per heavy atom. The zero-order valence-corrected chi connectivity index (χ0v) is 8.13. The fraction of sp³-hybridized carbons (Fsp3) is 0.143. The van der Waals surface area contributed by atoms with Gasteiger partial charge in [0.1, 0.15) is 0 Å². The van der Waals surface area contributed by atoms with Crippen molar-refractivity contribution >= 4 is 34.0 Å². The Balaban J connectivity index is 3.19. The molecule has 0 fully saturated rings. The van der Waals surface area contributed by atoms with Crippen molar-refractivity contribution in [1.29, 1.82) is 0 Å². The van der Waals surface area contributed by atoms with Gasteiger partial charge in [0, 0.05) is 32.0 Å². The summed E-state index contributed by atoms with van der Waals surface area (Å²) in [5.74, 6) is 0. The highest BCUT2D eigenvalue weighted by atomic mass is 35.5. The highest BCUT2D eigenvalue weighted by molar-refractivity contribution is 7.84. The van der Waals surface area contributed by atoms with E-state index in [1.54, 1.807) is 24.5 Å². The number of rotatable bonds is 1. The predicted octanol–water partition coefficient (Wildman–Crippen LogP) is 2.73. The van der Waals surface area contributed by atoms with Crippen LogP contribution in [0, 0.1) is 0 Å². The largest absolute Gasteiger partial charge is 0.255 e. The van der Waals surface area contributed by atoms with E-state index in [0.717, 1.165) is 0 Å². The smallest absolute Gasteiger partial charge is 0.0499 e. The Morgan fingerprint density at radius 2 is 1.64 bits per heavy atom. The van der Waals surface area contributed by atoms with Crippen molar-refractivity contribution in [2.75, 3.05) is 6.26 Å². The maximum absolute atomic E-state index is 10.9. The molecule has 4 heteroatoms. The van der Waals surface area contributed by atoms with Gasteiger partial charge in [0.15, 0.2) is 0 Å². The summed E-state index contributed by atoms with van der Waals surface area (Å²) < 4.78 is 10.9. The SMILES string of the molecule is C[S@@](=O)c1cc(Cl)cc(Cl)c1. The lowest BCUT2D eigenvalue weighted by Gasteiger charge is -1.97. The number of hydrogen-bond acceptors (Lipinski definition) is 1. The number of benzene rings is 1. The molecule has 0 unspecified atom stereocenters. The molecule has 1 rings (SSSR count). The van der Waals surface area contributed by atoms with Crippen molar-refractivity contribution in [2.45, 2.75) is 4.90 Å². The van der Waals surface area contributed by atoms with Crippen molar-refractivity contribution in [3.8, 4) is 0 Å². The molecule has 1 nitrogen and oxygen atoms in total. The summed E-state index contributed by atoms with van der Waals surface area (Å²) in [6.07, 6.45) is 1.59. The van der Waals surface area contributed by atoms with E-state index in [2.05, 4.69) is 0 Å². The first kappa shape index (κ1) is 9.04. The normalized spacial score (nSPS) is 13.0. The lowest BCUT2D eigenvalue weighted by atomic mass is 10.4. The monoisotopic (exact) mass is 208 g/mol. The molecule has 0 radical (unpaired) electrons. The van der Waals surface area contributed by atoms with Crippen molar-refractivity contribution in [3.05, 3.63) is 28.2 Å². The molecule has 0 heterocycles. The molecule has 1 aromatic carbocycles. The van der Waals surface area contributed by atoms with E-state index in [1.807, 2.05) is 0 Å². The maximum atomic E-state index is 10.9. The van der Waals surface area contributed by atoms with Gasteiger partial charge in [-0.25, -0.2) is 0 Å². The van der Waals surface area contributed by atoms with Gasteiger partial charge in [-0.1, -0.05) is 23.2 Å². The lowest BCUT2D eigenvalue weighted by Crippen LogP contribution is -1.86. The van der Waals surface area contributed by atoms with Crippen molar-refractivity contribution in [1.82, 2.24) is 0 Å². The first-order valence-electron chi connectivity index (χ1n) is 2.89. The molecule has 0 aromatic heterocycles. The third-order valence-electron chi connectivity index (χ3n) is 1.17. The summed E-state index contributed by atoms with van der Waals surface area (Å²) in [5.41, 5.74) is 0. The Morgan fingerprint density at radius 1 is 1.18 bits per heavy atom. The van der Waals surface area contributed by atoms with Crippen LogP contribution in [-0.2, 0) is 10.8 Å². The molecule has 11 heavy (non-hydrogen) atoms. The topological polar surface area (TPSA) is 17.1 Å². The zero-order valence-electron chi connectivity index (χ0n) is 5.80. The van der Waals surface area contributed by atoms with E-state index in [1.165, 1.54) is 0 Å². The summed E-state index contributed by atoms with van der Waals surface area (Å²) in [6.45, 7) is 0. The van der Waals surface area contributed by atoms with Gasteiger partial charge < -0.3 is 0 Å². The van der Waals surface area contributed by atoms with Crippen LogP contribution in [0.1, 0.15) is 0 Å². The lowest BCUT2D eigenvalue weighted by molar-refractivity contribution is 0.687. The molecule has 0 bridgehead atoms. The number of hydrogen-bond donors (Lipinski definition) is 0. The molecule has 0 saturated carbocycles. The molecule has 60 valence electrons. The summed E-state index contributed by atoms with van der Waals surface area (Å²) >= 11 is 11.4. The fourth-order valence-corrected chi connectivity index (χ4v) is 1.94. The first-order valence-corrected chi connectivity index (χ1v) is 5.20. The third-order valence-corrected chi connectivity index (χ3v) is 2.50. The molecular weight excluding hydrogens is 203 g/mol. The van der Waals surface area contributed by atoms with E-state index in [0.29, 0.717) is 14.9 Å². The molecule has 0 spiro atoms. The van der Waals surface area contributed by atoms with Gasteiger partial charge in [0.25, 0.3) is 0 Å². The predicted molar refractivity (Wildman–Crippen MR) is 48.8 cm³/mol. The Kier molecular flexibility index (Phi) is 2.93. The Bertz CT molecular complexity index is 278. The molecular formula is C7H6Cl2OS. The highest BCUT2D eigenvalue weighted by Gasteiger charge is 2.00. The van der Waals surface area contributed by atoms with Gasteiger partial charge in [-0.3, -0.25) is 4.21 Å². The van der Waals surface area contributed by atoms with Crippen LogP contribution in [0.2, 0.25) is 10.0 Å². The van der Waals surface area contributed by atoms with Gasteiger partial charge in [0.05, 0.1) is 0 Å². The quantitative estimate of drug-likeness (QED) is 0.694. The van der Waals surface area contributed by atoms with Gasteiger partial charge in [0.2, 0.25) is 0 Å². The molecule has 0 N–H and O–H groups in total. The summed E-state index contributed by atoms with van der Waals surface area (Å²) in [5, 5.41) is 1.03. The highest BCUT2D eigenvalue weighted by Crippen LogP contribution is 2.20. The second-order valence-corrected chi connectivity index (χ2v) is 4.31. The molecule has 0 saturated heterocycles. The van der Waals surface area contributed by atoms with Crippen LogP contribution >= 0.6 is 23.2 Å². The van der Waals surface area contributed by atoms with Crippen LogP contribution in [-0.4, -0.2) is 10.5 Å². The summed E-state index contributed by atoms with van der Waals surface area (Å²) in [4.78, 5) is 0.655. The first-order chi connectivity index (χ1) is 5.09. The van der Waals surface area contributed by atoms with Crippen LogP contribution in [0.3, 0.4) is 0 Å². The van der Waals surface area contributed by atoms with Gasteiger partial charge in [-0.2, -0.15) is 0 Å². The van der Waals surface area contributed by atoms with Crippen LogP contribution in [0.25, 0.3) is 0 Å². The molecule has 1 aromatic rings. The number of halogens is 2. The third kappa shape index (κ3) is 2.47. The second-order valence-electron chi connectivity index (χ2n) is 2.06. The Hall–Kier alpha value is -0.0500. The fourth-order valence-electron chi connectivity index (χ4n) is 0.694. The molecule has 1 atom stereocenters. The van der Waals surface area contributed by atoms with Crippen LogP contribution < -0.4 is 0 Å². The van der Waals surface area contributed by atoms with E-state index >= 15 is 0 Å². The Labute approximate surface area is 77.8 Å². The molecule has 0 aliphatic carbocycles. The zero-order chi connectivity index (χ0) is 8.43. The van der Waals surface area contributed by atoms with Gasteiger partial charge in [-0.15, -0.1) is 0 Å². The van der Waals surface area contributed by atoms with Gasteiger partial charge in [-0.05, 0) is 18.2 Å². The van der Waals surface area contributed by atoms with Crippen LogP contribution in [0.4, 0.5) is 0 Å². The second kappa shape index (κ2) is 3.57. The van der Waals surface area contributed by atoms with E-state index < -0.39 is 10.8 Å². The van der Waals surface area contributed by atoms with Crippen LogP contribution in [0.5, 0.6) is 0 Å². The van der Waals surface area contributed by atoms with Crippen molar-refractivity contribution in [2.24, 2.45) is 0 Å². The van der Waals surface area contributed by atoms with E-state index in [4.69, 9.17) is 23.2 Å². The van der Waals surface area contributed by atoms with Gasteiger partial charge >= 0.3 is 0 Å². The standard InChI is InChI=1S/C7H6Cl2OS/c1-11(10)7-3-5(8)2-6(9)4-7/h2-4H,1H3/t11-/m1/s1. The van der Waals surface area contributed by atoms with Crippen molar-refractivity contribution in [3.63, 3.8) is 0 Å². The minimum Gasteiger partial charge on any atom is -0.255 e. The van der Waals surface area contributed by atoms with Crippen LogP contribution in [0.15, 0.2) is 23.1 Å². The van der Waals surface area contributed by atoms with Crippen molar-refractivity contribution < 1.29 is 4.21 Å². The minimum atomic E-state index is -1.02. The molecule has 0 aliphatic heterocycles. The molecule has 0 amide bonds. The molecule has 0 aliphatic rings. The van der Waals surface area contributed by atoms with E-state index in [9.17, 15) is 4.21 Å². The summed E-state index contributed by atoms with van der Waals surface area (Å²) in [7, 11) is -1.02. The average molecular weight is 209 g/mol. The average Bonchev–Trinajstić information content (AvgIpc) is 1.85. The maximum Gasteiger partial charge on any atom is 0.0499 e. The minimum absolute atomic E-state index is 0.516. The van der Waals surface area contributed by atoms with E-state index in [-0.39, 0.29) is 0 Å².